The molecule has 4 aromatic rings. The van der Waals surface area contributed by atoms with Gasteiger partial charge in [-0.1, -0.05) is 35.9 Å². The maximum atomic E-state index is 13.7. The highest BCUT2D eigenvalue weighted by Crippen LogP contribution is 2.34. The number of aryl methyl sites for hydroxylation is 1. The van der Waals surface area contributed by atoms with Crippen molar-refractivity contribution in [2.24, 2.45) is 0 Å². The smallest absolute Gasteiger partial charge is 0.260 e. The molecular formula is C29H29N3O4. The molecule has 7 nitrogen and oxygen atoms in total. The van der Waals surface area contributed by atoms with Crippen LogP contribution < -0.4 is 21.3 Å². The molecule has 2 heterocycles. The van der Waals surface area contributed by atoms with E-state index in [-0.39, 0.29) is 17.6 Å². The zero-order valence-corrected chi connectivity index (χ0v) is 20.4. The van der Waals surface area contributed by atoms with Gasteiger partial charge in [-0.3, -0.25) is 14.2 Å². The molecule has 1 atom stereocenters. The van der Waals surface area contributed by atoms with Crippen LogP contribution in [0, 0.1) is 6.92 Å². The first-order valence-electron chi connectivity index (χ1n) is 12.0. The number of amides is 1. The third-order valence-corrected chi connectivity index (χ3v) is 6.67. The molecule has 1 unspecified atom stereocenters. The summed E-state index contributed by atoms with van der Waals surface area (Å²) in [6, 6.07) is 20.3. The van der Waals surface area contributed by atoms with Gasteiger partial charge in [0.2, 0.25) is 0 Å². The van der Waals surface area contributed by atoms with Crippen LogP contribution >= 0.6 is 0 Å². The highest BCUT2D eigenvalue weighted by Gasteiger charge is 2.22. The number of rotatable bonds is 6. The van der Waals surface area contributed by atoms with Gasteiger partial charge in [0, 0.05) is 28.8 Å². The van der Waals surface area contributed by atoms with Crippen molar-refractivity contribution in [2.45, 2.75) is 32.4 Å². The van der Waals surface area contributed by atoms with Gasteiger partial charge in [-0.25, -0.2) is 0 Å². The number of methoxy groups -OCH3 is 1. The number of benzene rings is 3. The van der Waals surface area contributed by atoms with Gasteiger partial charge in [0.25, 0.3) is 11.5 Å². The van der Waals surface area contributed by atoms with Crippen LogP contribution in [0.25, 0.3) is 21.9 Å². The van der Waals surface area contributed by atoms with Gasteiger partial charge in [0.15, 0.2) is 0 Å². The number of carbonyl (C=O) groups excluding carboxylic acids is 1. The molecule has 1 amide bonds. The molecule has 3 aromatic carbocycles. The summed E-state index contributed by atoms with van der Waals surface area (Å²) in [5.41, 5.74) is 10.3. The summed E-state index contributed by atoms with van der Waals surface area (Å²) in [6.45, 7) is 3.11. The van der Waals surface area contributed by atoms with E-state index in [0.29, 0.717) is 41.4 Å². The number of ether oxygens (including phenoxy) is 2. The Bertz CT molecular complexity index is 1470. The Balaban J connectivity index is 1.59. The fraction of sp³-hybridized carbons (Fsp3) is 0.241. The largest absolute Gasteiger partial charge is 0.497 e. The van der Waals surface area contributed by atoms with Gasteiger partial charge in [-0.2, -0.15) is 0 Å². The molecule has 0 bridgehead atoms. The minimum atomic E-state index is -0.272. The van der Waals surface area contributed by atoms with Crippen molar-refractivity contribution in [1.82, 2.24) is 4.57 Å². The average molecular weight is 484 g/mol. The minimum absolute atomic E-state index is 0.0497. The van der Waals surface area contributed by atoms with Crippen molar-refractivity contribution in [3.63, 3.8) is 0 Å². The SMILES string of the molecule is COc1ccc(C(=O)Nc2ccc3c(-c4ccc(C)cc4)c(N)n(CC4CCCO4)c(=O)c3c2)cc1. The first-order valence-corrected chi connectivity index (χ1v) is 12.0. The van der Waals surface area contributed by atoms with Gasteiger partial charge >= 0.3 is 0 Å². The monoisotopic (exact) mass is 483 g/mol. The molecule has 5 rings (SSSR count). The van der Waals surface area contributed by atoms with Crippen LogP contribution in [0.15, 0.2) is 71.5 Å². The van der Waals surface area contributed by atoms with Gasteiger partial charge in [0.05, 0.1) is 19.8 Å². The lowest BCUT2D eigenvalue weighted by atomic mass is 9.97. The molecule has 1 aliphatic rings. The number of pyridine rings is 1. The summed E-state index contributed by atoms with van der Waals surface area (Å²) in [5, 5.41) is 4.14. The number of aromatic nitrogens is 1. The third-order valence-electron chi connectivity index (χ3n) is 6.67. The van der Waals surface area contributed by atoms with E-state index in [0.717, 1.165) is 34.9 Å². The highest BCUT2D eigenvalue weighted by atomic mass is 16.5. The molecule has 0 saturated carbocycles. The van der Waals surface area contributed by atoms with E-state index in [9.17, 15) is 9.59 Å². The number of nitrogens with one attached hydrogen (secondary N) is 1. The predicted octanol–water partition coefficient (Wildman–Crippen LogP) is 5.00. The first-order chi connectivity index (χ1) is 17.4. The van der Waals surface area contributed by atoms with Crippen molar-refractivity contribution in [3.05, 3.63) is 88.2 Å². The maximum Gasteiger partial charge on any atom is 0.260 e. The molecule has 1 fully saturated rings. The Hall–Kier alpha value is -4.10. The predicted molar refractivity (Wildman–Crippen MR) is 143 cm³/mol. The Labute approximate surface area is 209 Å². The Morgan fingerprint density at radius 1 is 1.08 bits per heavy atom. The second-order valence-electron chi connectivity index (χ2n) is 9.12. The number of anilines is 2. The number of hydrogen-bond donors (Lipinski definition) is 2. The molecule has 0 radical (unpaired) electrons. The van der Waals surface area contributed by atoms with Crippen LogP contribution in [0.4, 0.5) is 11.5 Å². The van der Waals surface area contributed by atoms with E-state index in [4.69, 9.17) is 15.2 Å². The standard InChI is InChI=1S/C29H29N3O4/c1-18-5-7-19(8-6-18)26-24-14-11-21(31-28(33)20-9-12-22(35-2)13-10-20)16-25(24)29(34)32(27(26)30)17-23-4-3-15-36-23/h5-14,16,23H,3-4,15,17,30H2,1-2H3,(H,31,33). The van der Waals surface area contributed by atoms with Crippen molar-refractivity contribution in [3.8, 4) is 16.9 Å². The summed E-state index contributed by atoms with van der Waals surface area (Å²) < 4.78 is 12.6. The number of nitrogens with two attached hydrogens (primary N) is 1. The molecule has 1 aliphatic heterocycles. The number of fused-ring (bicyclic) bond motifs is 1. The van der Waals surface area contributed by atoms with Gasteiger partial charge in [-0.15, -0.1) is 0 Å². The van der Waals surface area contributed by atoms with Crippen LogP contribution in [-0.2, 0) is 11.3 Å². The van der Waals surface area contributed by atoms with Crippen LogP contribution in [0.5, 0.6) is 5.75 Å². The molecule has 0 spiro atoms. The zero-order chi connectivity index (χ0) is 25.2. The normalized spacial score (nSPS) is 15.2. The first kappa shape index (κ1) is 23.6. The molecule has 0 aliphatic carbocycles. The zero-order valence-electron chi connectivity index (χ0n) is 20.4. The lowest BCUT2D eigenvalue weighted by Crippen LogP contribution is -2.29. The second kappa shape index (κ2) is 9.87. The van der Waals surface area contributed by atoms with Crippen molar-refractivity contribution < 1.29 is 14.3 Å². The van der Waals surface area contributed by atoms with Crippen LogP contribution in [0.1, 0.15) is 28.8 Å². The van der Waals surface area contributed by atoms with E-state index in [1.165, 1.54) is 0 Å². The fourth-order valence-electron chi connectivity index (χ4n) is 4.69. The van der Waals surface area contributed by atoms with Crippen molar-refractivity contribution >= 4 is 28.2 Å². The summed E-state index contributed by atoms with van der Waals surface area (Å²) in [7, 11) is 1.58. The minimum Gasteiger partial charge on any atom is -0.497 e. The molecule has 1 aromatic heterocycles. The maximum absolute atomic E-state index is 13.7. The summed E-state index contributed by atoms with van der Waals surface area (Å²) in [5.74, 6) is 0.818. The highest BCUT2D eigenvalue weighted by molar-refractivity contribution is 6.07. The lowest BCUT2D eigenvalue weighted by Gasteiger charge is -2.20. The Morgan fingerprint density at radius 2 is 1.83 bits per heavy atom. The number of nitrogen functional groups attached to an aromatic ring is 1. The van der Waals surface area contributed by atoms with Crippen LogP contribution in [-0.4, -0.2) is 30.3 Å². The molecular weight excluding hydrogens is 454 g/mol. The van der Waals surface area contributed by atoms with Crippen molar-refractivity contribution in [2.75, 3.05) is 24.8 Å². The van der Waals surface area contributed by atoms with Gasteiger partial charge in [-0.05, 0) is 67.1 Å². The van der Waals surface area contributed by atoms with E-state index in [1.54, 1.807) is 48.1 Å². The topological polar surface area (TPSA) is 95.6 Å². The van der Waals surface area contributed by atoms with Crippen LogP contribution in [0.2, 0.25) is 0 Å². The third kappa shape index (κ3) is 4.57. The fourth-order valence-corrected chi connectivity index (χ4v) is 4.69. The summed E-state index contributed by atoms with van der Waals surface area (Å²) in [6.07, 6.45) is 1.81. The van der Waals surface area contributed by atoms with Gasteiger partial charge in [0.1, 0.15) is 11.6 Å². The lowest BCUT2D eigenvalue weighted by molar-refractivity contribution is 0.0968. The van der Waals surface area contributed by atoms with Crippen molar-refractivity contribution in [1.29, 1.82) is 0 Å². The van der Waals surface area contributed by atoms with E-state index in [2.05, 4.69) is 5.32 Å². The molecule has 3 N–H and O–H groups in total. The van der Waals surface area contributed by atoms with E-state index < -0.39 is 0 Å². The second-order valence-corrected chi connectivity index (χ2v) is 9.12. The number of hydrogen-bond acceptors (Lipinski definition) is 5. The Morgan fingerprint density at radius 3 is 2.50 bits per heavy atom. The molecule has 1 saturated heterocycles. The Kier molecular flexibility index (Phi) is 6.48. The quantitative estimate of drug-likeness (QED) is 0.402. The number of nitrogens with zero attached hydrogens (tertiary/aromatic N) is 1. The van der Waals surface area contributed by atoms with E-state index >= 15 is 0 Å². The van der Waals surface area contributed by atoms with E-state index in [1.807, 2.05) is 37.3 Å². The molecule has 36 heavy (non-hydrogen) atoms. The molecule has 184 valence electrons. The summed E-state index contributed by atoms with van der Waals surface area (Å²) in [4.78, 5) is 26.5. The van der Waals surface area contributed by atoms with Gasteiger partial charge < -0.3 is 20.5 Å². The molecule has 7 heteroatoms. The summed E-state index contributed by atoms with van der Waals surface area (Å²) >= 11 is 0. The average Bonchev–Trinajstić information content (AvgIpc) is 3.41. The van der Waals surface area contributed by atoms with Crippen LogP contribution in [0.3, 0.4) is 0 Å². The number of carbonyl (C=O) groups is 1.